The van der Waals surface area contributed by atoms with Gasteiger partial charge >= 0.3 is 7.82 Å². The van der Waals surface area contributed by atoms with Crippen LogP contribution < -0.4 is 11.1 Å². The molecule has 11 nitrogen and oxygen atoms in total. The molecule has 2 unspecified atom stereocenters. The van der Waals surface area contributed by atoms with E-state index in [2.05, 4.69) is 20.3 Å². The molecular formula is C20H28N5O6PS3. The second-order valence-electron chi connectivity index (χ2n) is 8.42. The van der Waals surface area contributed by atoms with E-state index in [0.29, 0.717) is 32.9 Å². The summed E-state index contributed by atoms with van der Waals surface area (Å²) in [6.07, 6.45) is 1.74. The quantitative estimate of drug-likeness (QED) is 0.151. The van der Waals surface area contributed by atoms with Crippen molar-refractivity contribution in [3.05, 3.63) is 29.8 Å². The molecule has 0 radical (unpaired) electrons. The van der Waals surface area contributed by atoms with Crippen LogP contribution >= 0.6 is 30.9 Å². The molecular weight excluding hydrogens is 533 g/mol. The summed E-state index contributed by atoms with van der Waals surface area (Å²) in [5.41, 5.74) is 7.21. The highest BCUT2D eigenvalue weighted by Gasteiger charge is 2.22. The molecule has 0 spiro atoms. The van der Waals surface area contributed by atoms with Gasteiger partial charge in [-0.3, -0.25) is 4.52 Å². The van der Waals surface area contributed by atoms with Gasteiger partial charge in [-0.05, 0) is 37.0 Å². The fourth-order valence-electron chi connectivity index (χ4n) is 3.30. The number of anilines is 2. The molecule has 3 aromatic rings. The van der Waals surface area contributed by atoms with Crippen molar-refractivity contribution >= 4 is 62.1 Å². The fraction of sp³-hybridized carbons (Fsp3) is 0.450. The van der Waals surface area contributed by atoms with E-state index >= 15 is 0 Å². The first kappa shape index (κ1) is 27.8. The minimum atomic E-state index is -4.63. The summed E-state index contributed by atoms with van der Waals surface area (Å²) < 4.78 is 40.1. The van der Waals surface area contributed by atoms with Crippen molar-refractivity contribution in [2.75, 3.05) is 23.9 Å². The molecule has 0 aliphatic heterocycles. The van der Waals surface area contributed by atoms with Crippen molar-refractivity contribution in [3.8, 4) is 0 Å². The molecule has 0 aliphatic rings. The van der Waals surface area contributed by atoms with Crippen LogP contribution in [-0.4, -0.2) is 52.1 Å². The molecule has 0 bridgehead atoms. The molecule has 1 aromatic carbocycles. The molecule has 3 rings (SSSR count). The predicted molar refractivity (Wildman–Crippen MR) is 138 cm³/mol. The zero-order chi connectivity index (χ0) is 26.0. The summed E-state index contributed by atoms with van der Waals surface area (Å²) in [6.45, 7) is 5.72. The van der Waals surface area contributed by atoms with E-state index in [9.17, 15) is 13.0 Å². The minimum Gasteiger partial charge on any atom is -0.375 e. The molecule has 5 N–H and O–H groups in total. The zero-order valence-corrected chi connectivity index (χ0v) is 22.9. The van der Waals surface area contributed by atoms with Gasteiger partial charge in [-0.25, -0.2) is 27.9 Å². The smallest absolute Gasteiger partial charge is 0.375 e. The van der Waals surface area contributed by atoms with Crippen molar-refractivity contribution < 1.29 is 27.3 Å². The highest BCUT2D eigenvalue weighted by atomic mass is 32.2. The van der Waals surface area contributed by atoms with Gasteiger partial charge in [0.2, 0.25) is 0 Å². The van der Waals surface area contributed by atoms with Gasteiger partial charge in [0, 0.05) is 11.5 Å². The van der Waals surface area contributed by atoms with Gasteiger partial charge in [-0.2, -0.15) is 0 Å². The number of benzene rings is 1. The highest BCUT2D eigenvalue weighted by molar-refractivity contribution is 7.99. The first-order chi connectivity index (χ1) is 16.2. The van der Waals surface area contributed by atoms with Crippen molar-refractivity contribution in [1.82, 2.24) is 15.0 Å². The SMILES string of the molecule is CC(C)CC(COP(=O)(O)O)Nc1nc(SC(C)c2ccc(S(C)(=O)=O)cc2)nc2nc(N)sc12. The van der Waals surface area contributed by atoms with Gasteiger partial charge in [-0.1, -0.05) is 49.1 Å². The Hall–Kier alpha value is -1.80. The van der Waals surface area contributed by atoms with Crippen molar-refractivity contribution in [2.24, 2.45) is 5.92 Å². The molecule has 0 amide bonds. The molecule has 0 saturated carbocycles. The van der Waals surface area contributed by atoms with Crippen LogP contribution in [0.3, 0.4) is 0 Å². The van der Waals surface area contributed by atoms with E-state index in [1.165, 1.54) is 23.1 Å². The van der Waals surface area contributed by atoms with E-state index in [1.807, 2.05) is 20.8 Å². The number of thioether (sulfide) groups is 1. The maximum Gasteiger partial charge on any atom is 0.469 e. The molecule has 35 heavy (non-hydrogen) atoms. The van der Waals surface area contributed by atoms with Gasteiger partial charge < -0.3 is 20.8 Å². The van der Waals surface area contributed by atoms with Gasteiger partial charge in [-0.15, -0.1) is 0 Å². The van der Waals surface area contributed by atoms with Gasteiger partial charge in [0.1, 0.15) is 4.70 Å². The minimum absolute atomic E-state index is 0.102. The Balaban J connectivity index is 1.88. The van der Waals surface area contributed by atoms with Gasteiger partial charge in [0.15, 0.2) is 31.6 Å². The van der Waals surface area contributed by atoms with E-state index < -0.39 is 23.7 Å². The summed E-state index contributed by atoms with van der Waals surface area (Å²) in [7, 11) is -7.92. The lowest BCUT2D eigenvalue weighted by Crippen LogP contribution is -2.27. The standard InChI is InChI=1S/C20H28N5O6PS3/c1-11(2)9-14(10-31-32(26,27)28)22-17-16-18(23-19(21)34-16)25-20(24-17)33-12(3)13-5-7-15(8-6-13)35(4,29)30/h5-8,11-12,14H,9-10H2,1-4H3,(H2,26,27,28)(H3,21,22,23,24,25). The third kappa shape index (κ3) is 8.10. The number of hydrogen-bond acceptors (Lipinski definition) is 11. The van der Waals surface area contributed by atoms with Crippen LogP contribution in [0.1, 0.15) is 38.0 Å². The molecule has 0 saturated heterocycles. The number of thiazole rings is 1. The lowest BCUT2D eigenvalue weighted by Gasteiger charge is -2.22. The molecule has 0 aliphatic carbocycles. The number of nitrogen functional groups attached to an aromatic ring is 1. The summed E-state index contributed by atoms with van der Waals surface area (Å²) in [4.78, 5) is 31.9. The molecule has 0 fully saturated rings. The number of phosphoric acid groups is 1. The molecule has 192 valence electrons. The number of nitrogens with zero attached hydrogens (tertiary/aromatic N) is 3. The Kier molecular flexibility index (Phi) is 8.79. The molecule has 2 atom stereocenters. The summed E-state index contributed by atoms with van der Waals surface area (Å²) in [5.74, 6) is 0.673. The van der Waals surface area contributed by atoms with Crippen LogP contribution in [0.4, 0.5) is 10.9 Å². The third-order valence-electron chi connectivity index (χ3n) is 4.85. The van der Waals surface area contributed by atoms with E-state index in [0.717, 1.165) is 11.8 Å². The van der Waals surface area contributed by atoms with E-state index in [1.54, 1.807) is 24.3 Å². The summed E-state index contributed by atoms with van der Waals surface area (Å²) in [5, 5.41) is 3.87. The van der Waals surface area contributed by atoms with Crippen molar-refractivity contribution in [1.29, 1.82) is 0 Å². The number of nitrogens with two attached hydrogens (primary N) is 1. The van der Waals surface area contributed by atoms with E-state index in [-0.39, 0.29) is 22.7 Å². The van der Waals surface area contributed by atoms with Crippen molar-refractivity contribution in [2.45, 2.75) is 48.5 Å². The van der Waals surface area contributed by atoms with Gasteiger partial charge in [0.25, 0.3) is 0 Å². The lowest BCUT2D eigenvalue weighted by atomic mass is 10.0. The number of fused-ring (bicyclic) bond motifs is 1. The molecule has 2 aromatic heterocycles. The molecule has 15 heteroatoms. The number of sulfone groups is 1. The second kappa shape index (κ2) is 11.1. The van der Waals surface area contributed by atoms with Crippen LogP contribution in [0.2, 0.25) is 0 Å². The lowest BCUT2D eigenvalue weighted by molar-refractivity contribution is 0.184. The van der Waals surface area contributed by atoms with Crippen molar-refractivity contribution in [3.63, 3.8) is 0 Å². The number of nitrogens with one attached hydrogen (secondary N) is 1. The zero-order valence-electron chi connectivity index (χ0n) is 19.6. The van der Waals surface area contributed by atoms with Crippen LogP contribution in [-0.2, 0) is 18.9 Å². The van der Waals surface area contributed by atoms with Crippen LogP contribution in [0.25, 0.3) is 10.3 Å². The first-order valence-electron chi connectivity index (χ1n) is 10.6. The third-order valence-corrected chi connectivity index (χ3v) is 8.36. The maximum atomic E-state index is 11.7. The average Bonchev–Trinajstić information content (AvgIpc) is 3.11. The number of phosphoric ester groups is 1. The fourth-order valence-corrected chi connectivity index (χ4v) is 5.92. The number of hydrogen-bond donors (Lipinski definition) is 4. The molecule has 2 heterocycles. The highest BCUT2D eigenvalue weighted by Crippen LogP contribution is 2.38. The first-order valence-corrected chi connectivity index (χ1v) is 15.7. The van der Waals surface area contributed by atoms with Crippen LogP contribution in [0, 0.1) is 5.92 Å². The monoisotopic (exact) mass is 561 g/mol. The Bertz CT molecular complexity index is 1330. The Morgan fingerprint density at radius 3 is 2.40 bits per heavy atom. The Morgan fingerprint density at radius 1 is 1.17 bits per heavy atom. The summed E-state index contributed by atoms with van der Waals surface area (Å²) in [6, 6.07) is 6.22. The maximum absolute atomic E-state index is 11.7. The van der Waals surface area contributed by atoms with Crippen LogP contribution in [0.15, 0.2) is 34.3 Å². The Morgan fingerprint density at radius 2 is 1.83 bits per heavy atom. The average molecular weight is 562 g/mol. The Labute approximate surface area is 212 Å². The predicted octanol–water partition coefficient (Wildman–Crippen LogP) is 3.86. The second-order valence-corrected chi connectivity index (χ2v) is 14.0. The van der Waals surface area contributed by atoms with Gasteiger partial charge in [0.05, 0.1) is 17.5 Å². The summed E-state index contributed by atoms with van der Waals surface area (Å²) >= 11 is 2.57. The van der Waals surface area contributed by atoms with Crippen LogP contribution in [0.5, 0.6) is 0 Å². The number of aromatic nitrogens is 3. The topological polar surface area (TPSA) is 178 Å². The normalized spacial score (nSPS) is 14.4. The van der Waals surface area contributed by atoms with E-state index in [4.69, 9.17) is 20.0 Å². The number of rotatable bonds is 11. The largest absolute Gasteiger partial charge is 0.469 e.